The number of imidazole rings is 1. The normalized spacial score (nSPS) is 11.4. The van der Waals surface area contributed by atoms with Gasteiger partial charge in [-0.25, -0.2) is 14.7 Å². The van der Waals surface area contributed by atoms with Gasteiger partial charge < -0.3 is 9.84 Å². The third-order valence-corrected chi connectivity index (χ3v) is 4.73. The molecule has 4 aromatic rings. The number of nitrogens with zero attached hydrogens (tertiary/aromatic N) is 4. The van der Waals surface area contributed by atoms with E-state index in [1.807, 2.05) is 54.6 Å². The number of aromatic hydroxyl groups is 1. The molecule has 0 amide bonds. The molecule has 6 nitrogen and oxygen atoms in total. The molecule has 1 heterocycles. The Kier molecular flexibility index (Phi) is 6.10. The lowest BCUT2D eigenvalue weighted by Gasteiger charge is -2.00. The summed E-state index contributed by atoms with van der Waals surface area (Å²) in [6.45, 7) is 0. The van der Waals surface area contributed by atoms with Gasteiger partial charge in [0.15, 0.2) is 0 Å². The average molecular weight is 431 g/mol. The second-order valence-electron chi connectivity index (χ2n) is 6.62. The summed E-state index contributed by atoms with van der Waals surface area (Å²) >= 11 is 6.03. The number of phenolic OH excluding ortho intramolecular Hbond substituents is 1. The lowest BCUT2D eigenvalue weighted by molar-refractivity contribution is 0.415. The zero-order chi connectivity index (χ0) is 21.6. The minimum atomic E-state index is 0.0799. The first-order valence-electron chi connectivity index (χ1n) is 9.48. The third kappa shape index (κ3) is 4.99. The highest BCUT2D eigenvalue weighted by atomic mass is 35.5. The predicted octanol–water partition coefficient (Wildman–Crippen LogP) is 5.55. The number of aliphatic imine (C=N–C) groups is 1. The number of phenols is 1. The lowest BCUT2D eigenvalue weighted by Crippen LogP contribution is -1.90. The number of halogens is 1. The molecule has 0 radical (unpaired) electrons. The number of methoxy groups -OCH3 is 1. The molecule has 0 fully saturated rings. The quantitative estimate of drug-likeness (QED) is 0.407. The molecular weight excluding hydrogens is 412 g/mol. The maximum Gasteiger partial charge on any atom is 0.251 e. The van der Waals surface area contributed by atoms with Gasteiger partial charge in [0.25, 0.3) is 5.95 Å². The molecule has 4 rings (SSSR count). The Hall–Kier alpha value is -3.90. The van der Waals surface area contributed by atoms with Crippen LogP contribution in [0.4, 0.5) is 5.95 Å². The fraction of sp³-hybridized carbons (Fsp3) is 0.0417. The SMILES string of the molecule is COc1ccc(C=Nn2cc(-c3ccccc3)nc2/N=C/c2cc(Cl)ccc2O)cc1. The fourth-order valence-corrected chi connectivity index (χ4v) is 3.04. The van der Waals surface area contributed by atoms with E-state index in [0.29, 0.717) is 16.5 Å². The third-order valence-electron chi connectivity index (χ3n) is 4.50. The van der Waals surface area contributed by atoms with Crippen LogP contribution in [0.2, 0.25) is 5.02 Å². The minimum Gasteiger partial charge on any atom is -0.507 e. The summed E-state index contributed by atoms with van der Waals surface area (Å²) in [7, 11) is 1.63. The van der Waals surface area contributed by atoms with Crippen molar-refractivity contribution in [2.24, 2.45) is 10.1 Å². The van der Waals surface area contributed by atoms with Crippen molar-refractivity contribution in [1.82, 2.24) is 9.66 Å². The molecule has 3 aromatic carbocycles. The number of hydrogen-bond donors (Lipinski definition) is 1. The summed E-state index contributed by atoms with van der Waals surface area (Å²) in [4.78, 5) is 9.04. The van der Waals surface area contributed by atoms with E-state index in [-0.39, 0.29) is 5.75 Å². The molecule has 1 N–H and O–H groups in total. The monoisotopic (exact) mass is 430 g/mol. The zero-order valence-electron chi connectivity index (χ0n) is 16.7. The molecule has 0 saturated heterocycles. The van der Waals surface area contributed by atoms with Crippen molar-refractivity contribution in [1.29, 1.82) is 0 Å². The standard InChI is InChI=1S/C24H19ClN4O2/c1-31-21-10-7-17(8-11-21)14-27-29-16-22(18-5-3-2-4-6-18)28-24(29)26-15-19-13-20(25)9-12-23(19)30/h2-16,30H,1H3/b26-15+,27-14?. The Morgan fingerprint density at radius 1 is 1.00 bits per heavy atom. The van der Waals surface area contributed by atoms with Gasteiger partial charge in [-0.2, -0.15) is 5.10 Å². The first-order chi connectivity index (χ1) is 15.1. The van der Waals surface area contributed by atoms with Gasteiger partial charge in [0.1, 0.15) is 11.5 Å². The van der Waals surface area contributed by atoms with Crippen LogP contribution in [0.25, 0.3) is 11.3 Å². The molecule has 0 bridgehead atoms. The van der Waals surface area contributed by atoms with Crippen LogP contribution in [0, 0.1) is 0 Å². The Bertz CT molecular complexity index is 1230. The Balaban J connectivity index is 1.70. The first kappa shape index (κ1) is 20.4. The van der Waals surface area contributed by atoms with Crippen molar-refractivity contribution in [3.63, 3.8) is 0 Å². The number of benzene rings is 3. The van der Waals surface area contributed by atoms with E-state index in [0.717, 1.165) is 22.6 Å². The van der Waals surface area contributed by atoms with Gasteiger partial charge in [-0.1, -0.05) is 41.9 Å². The number of aromatic nitrogens is 2. The van der Waals surface area contributed by atoms with E-state index in [2.05, 4.69) is 15.1 Å². The molecule has 7 heteroatoms. The molecule has 0 unspecified atom stereocenters. The molecule has 0 aliphatic carbocycles. The molecule has 0 aliphatic rings. The minimum absolute atomic E-state index is 0.0799. The lowest BCUT2D eigenvalue weighted by atomic mass is 10.2. The summed E-state index contributed by atoms with van der Waals surface area (Å²) in [5.74, 6) is 1.22. The van der Waals surface area contributed by atoms with Crippen molar-refractivity contribution in [3.05, 3.63) is 95.1 Å². The average Bonchev–Trinajstić information content (AvgIpc) is 3.22. The van der Waals surface area contributed by atoms with Crippen LogP contribution in [0.1, 0.15) is 11.1 Å². The molecule has 1 aromatic heterocycles. The smallest absolute Gasteiger partial charge is 0.251 e. The maximum absolute atomic E-state index is 10.0. The van der Waals surface area contributed by atoms with Crippen molar-refractivity contribution >= 4 is 30.0 Å². The van der Waals surface area contributed by atoms with Gasteiger partial charge in [0.05, 0.1) is 25.2 Å². The van der Waals surface area contributed by atoms with Crippen molar-refractivity contribution < 1.29 is 9.84 Å². The molecule has 0 aliphatic heterocycles. The molecule has 0 spiro atoms. The number of ether oxygens (including phenoxy) is 1. The van der Waals surface area contributed by atoms with E-state index >= 15 is 0 Å². The topological polar surface area (TPSA) is 72.0 Å². The van der Waals surface area contributed by atoms with Crippen molar-refractivity contribution in [2.45, 2.75) is 0 Å². The van der Waals surface area contributed by atoms with Crippen LogP contribution in [0.15, 0.2) is 89.1 Å². The van der Waals surface area contributed by atoms with E-state index in [4.69, 9.17) is 16.3 Å². The van der Waals surface area contributed by atoms with E-state index < -0.39 is 0 Å². The van der Waals surface area contributed by atoms with Crippen LogP contribution in [-0.4, -0.2) is 34.3 Å². The van der Waals surface area contributed by atoms with Crippen LogP contribution in [0.5, 0.6) is 11.5 Å². The second kappa shape index (κ2) is 9.28. The van der Waals surface area contributed by atoms with Crippen LogP contribution >= 0.6 is 11.6 Å². The highest BCUT2D eigenvalue weighted by molar-refractivity contribution is 6.30. The maximum atomic E-state index is 10.0. The van der Waals surface area contributed by atoms with Crippen LogP contribution in [-0.2, 0) is 0 Å². The van der Waals surface area contributed by atoms with Crippen LogP contribution < -0.4 is 4.74 Å². The molecule has 154 valence electrons. The van der Waals surface area contributed by atoms with E-state index in [9.17, 15) is 5.11 Å². The molecule has 0 atom stereocenters. The van der Waals surface area contributed by atoms with E-state index in [1.165, 1.54) is 12.3 Å². The summed E-state index contributed by atoms with van der Waals surface area (Å²) in [6, 6.07) is 22.1. The van der Waals surface area contributed by atoms with Crippen molar-refractivity contribution in [3.8, 4) is 22.8 Å². The number of rotatable bonds is 6. The predicted molar refractivity (Wildman–Crippen MR) is 124 cm³/mol. The summed E-state index contributed by atoms with van der Waals surface area (Å²) in [5.41, 5.74) is 3.07. The van der Waals surface area contributed by atoms with Gasteiger partial charge in [-0.3, -0.25) is 0 Å². The molecule has 31 heavy (non-hydrogen) atoms. The Morgan fingerprint density at radius 2 is 1.77 bits per heavy atom. The summed E-state index contributed by atoms with van der Waals surface area (Å²) < 4.78 is 6.77. The first-order valence-corrected chi connectivity index (χ1v) is 9.86. The zero-order valence-corrected chi connectivity index (χ0v) is 17.4. The van der Waals surface area contributed by atoms with Gasteiger partial charge in [0, 0.05) is 22.4 Å². The molecular formula is C24H19ClN4O2. The van der Waals surface area contributed by atoms with Gasteiger partial charge >= 0.3 is 0 Å². The van der Waals surface area contributed by atoms with Crippen LogP contribution in [0.3, 0.4) is 0 Å². The highest BCUT2D eigenvalue weighted by Gasteiger charge is 2.09. The summed E-state index contributed by atoms with van der Waals surface area (Å²) in [6.07, 6.45) is 5.03. The summed E-state index contributed by atoms with van der Waals surface area (Å²) in [5, 5.41) is 15.1. The van der Waals surface area contributed by atoms with Crippen molar-refractivity contribution in [2.75, 3.05) is 7.11 Å². The number of hydrogen-bond acceptors (Lipinski definition) is 5. The van der Waals surface area contributed by atoms with Gasteiger partial charge in [-0.05, 0) is 48.0 Å². The largest absolute Gasteiger partial charge is 0.507 e. The van der Waals surface area contributed by atoms with E-state index in [1.54, 1.807) is 36.3 Å². The molecule has 0 saturated carbocycles. The highest BCUT2D eigenvalue weighted by Crippen LogP contribution is 2.24. The fourth-order valence-electron chi connectivity index (χ4n) is 2.86. The van der Waals surface area contributed by atoms with Gasteiger partial charge in [-0.15, -0.1) is 0 Å². The second-order valence-corrected chi connectivity index (χ2v) is 7.05. The Labute approximate surface area is 184 Å². The van der Waals surface area contributed by atoms with Gasteiger partial charge in [0.2, 0.25) is 0 Å². The Morgan fingerprint density at radius 3 is 2.52 bits per heavy atom.